The number of carbonyl (C=O) groups is 2. The lowest BCUT2D eigenvalue weighted by atomic mass is 9.99. The molecule has 0 heterocycles. The highest BCUT2D eigenvalue weighted by atomic mass is 16.3. The molecule has 0 aliphatic rings. The first-order chi connectivity index (χ1) is 18.8. The molecule has 0 fully saturated rings. The third kappa shape index (κ3) is 8.77. The molecule has 208 valence electrons. The highest BCUT2D eigenvalue weighted by Gasteiger charge is 2.23. The van der Waals surface area contributed by atoms with E-state index in [1.54, 1.807) is 24.3 Å². The Bertz CT molecular complexity index is 1210. The van der Waals surface area contributed by atoms with Gasteiger partial charge in [0.05, 0.1) is 12.1 Å². The zero-order valence-corrected chi connectivity index (χ0v) is 23.7. The van der Waals surface area contributed by atoms with E-state index < -0.39 is 12.1 Å². The number of aryl methyl sites for hydroxylation is 1. The van der Waals surface area contributed by atoms with Crippen molar-refractivity contribution in [3.05, 3.63) is 106 Å². The van der Waals surface area contributed by atoms with Crippen molar-refractivity contribution in [2.45, 2.75) is 65.6 Å². The van der Waals surface area contributed by atoms with Gasteiger partial charge in [-0.05, 0) is 73.6 Å². The van der Waals surface area contributed by atoms with E-state index in [1.165, 1.54) is 16.7 Å². The maximum absolute atomic E-state index is 13.4. The SMILES string of the molecule is CCCN(CCC)C(=O)c1cccc(C(=O)N[C@@H](Cc2ccccc2)[C@H](O)CNCc2cccc(C)c2C)c1. The summed E-state index contributed by atoms with van der Waals surface area (Å²) in [5, 5.41) is 17.6. The number of nitrogens with zero attached hydrogens (tertiary/aromatic N) is 1. The molecule has 0 bridgehead atoms. The first-order valence-corrected chi connectivity index (χ1v) is 14.0. The molecule has 0 saturated heterocycles. The molecule has 0 spiro atoms. The summed E-state index contributed by atoms with van der Waals surface area (Å²) in [5.41, 5.74) is 5.58. The third-order valence-corrected chi connectivity index (χ3v) is 7.11. The van der Waals surface area contributed by atoms with Crippen LogP contribution in [0.5, 0.6) is 0 Å². The summed E-state index contributed by atoms with van der Waals surface area (Å²) in [6, 6.07) is 22.4. The van der Waals surface area contributed by atoms with Crippen molar-refractivity contribution in [2.75, 3.05) is 19.6 Å². The molecular weight excluding hydrogens is 486 g/mol. The Balaban J connectivity index is 1.72. The van der Waals surface area contributed by atoms with Gasteiger partial charge in [0, 0.05) is 37.3 Å². The van der Waals surface area contributed by atoms with Crippen LogP contribution in [0.4, 0.5) is 0 Å². The maximum atomic E-state index is 13.4. The van der Waals surface area contributed by atoms with E-state index in [-0.39, 0.29) is 11.8 Å². The molecular formula is C33H43N3O3. The van der Waals surface area contributed by atoms with Crippen LogP contribution in [0.2, 0.25) is 0 Å². The molecule has 0 aliphatic heterocycles. The number of aliphatic hydroxyl groups excluding tert-OH is 1. The summed E-state index contributed by atoms with van der Waals surface area (Å²) in [5.74, 6) is -0.374. The molecule has 39 heavy (non-hydrogen) atoms. The van der Waals surface area contributed by atoms with Crippen LogP contribution < -0.4 is 10.6 Å². The highest BCUT2D eigenvalue weighted by molar-refractivity contribution is 5.99. The van der Waals surface area contributed by atoms with Crippen molar-refractivity contribution in [2.24, 2.45) is 0 Å². The Morgan fingerprint density at radius 3 is 2.23 bits per heavy atom. The third-order valence-electron chi connectivity index (χ3n) is 7.11. The molecule has 0 radical (unpaired) electrons. The largest absolute Gasteiger partial charge is 0.390 e. The summed E-state index contributed by atoms with van der Waals surface area (Å²) < 4.78 is 0. The minimum Gasteiger partial charge on any atom is -0.390 e. The van der Waals surface area contributed by atoms with Gasteiger partial charge in [-0.15, -0.1) is 0 Å². The van der Waals surface area contributed by atoms with Gasteiger partial charge < -0.3 is 20.6 Å². The zero-order valence-electron chi connectivity index (χ0n) is 23.7. The van der Waals surface area contributed by atoms with E-state index in [1.807, 2.05) is 41.3 Å². The molecule has 0 saturated carbocycles. The Morgan fingerprint density at radius 2 is 1.54 bits per heavy atom. The highest BCUT2D eigenvalue weighted by Crippen LogP contribution is 2.14. The number of carbonyl (C=O) groups excluding carboxylic acids is 2. The lowest BCUT2D eigenvalue weighted by Gasteiger charge is -2.25. The fourth-order valence-corrected chi connectivity index (χ4v) is 4.73. The number of aliphatic hydroxyl groups is 1. The lowest BCUT2D eigenvalue weighted by Crippen LogP contribution is -2.48. The van der Waals surface area contributed by atoms with Crippen LogP contribution >= 0.6 is 0 Å². The predicted octanol–water partition coefficient (Wildman–Crippen LogP) is 5.06. The lowest BCUT2D eigenvalue weighted by molar-refractivity contribution is 0.0755. The quantitative estimate of drug-likeness (QED) is 0.273. The molecule has 0 unspecified atom stereocenters. The minimum absolute atomic E-state index is 0.0649. The fourth-order valence-electron chi connectivity index (χ4n) is 4.73. The van der Waals surface area contributed by atoms with Crippen LogP contribution in [0.15, 0.2) is 72.8 Å². The second-order valence-corrected chi connectivity index (χ2v) is 10.2. The van der Waals surface area contributed by atoms with Gasteiger partial charge in [-0.1, -0.05) is 68.4 Å². The van der Waals surface area contributed by atoms with E-state index in [4.69, 9.17) is 0 Å². The summed E-state index contributed by atoms with van der Waals surface area (Å²) >= 11 is 0. The van der Waals surface area contributed by atoms with E-state index in [0.29, 0.717) is 43.7 Å². The van der Waals surface area contributed by atoms with Gasteiger partial charge >= 0.3 is 0 Å². The van der Waals surface area contributed by atoms with Crippen molar-refractivity contribution in [1.82, 2.24) is 15.5 Å². The normalized spacial score (nSPS) is 12.5. The summed E-state index contributed by atoms with van der Waals surface area (Å²) in [7, 11) is 0. The molecule has 3 rings (SSSR count). The summed E-state index contributed by atoms with van der Waals surface area (Å²) in [6.07, 6.45) is 1.43. The number of amides is 2. The molecule has 2 amide bonds. The molecule has 2 atom stereocenters. The Kier molecular flexibility index (Phi) is 11.7. The van der Waals surface area contributed by atoms with Crippen LogP contribution in [-0.2, 0) is 13.0 Å². The summed E-state index contributed by atoms with van der Waals surface area (Å²) in [4.78, 5) is 28.3. The van der Waals surface area contributed by atoms with Crippen molar-refractivity contribution < 1.29 is 14.7 Å². The number of rotatable bonds is 14. The number of hydrogen-bond donors (Lipinski definition) is 3. The Morgan fingerprint density at radius 1 is 0.872 bits per heavy atom. The van der Waals surface area contributed by atoms with E-state index in [0.717, 1.165) is 18.4 Å². The van der Waals surface area contributed by atoms with Gasteiger partial charge in [0.1, 0.15) is 0 Å². The molecule has 0 aromatic heterocycles. The predicted molar refractivity (Wildman–Crippen MR) is 158 cm³/mol. The smallest absolute Gasteiger partial charge is 0.253 e. The molecule has 0 aliphatic carbocycles. The van der Waals surface area contributed by atoms with Gasteiger partial charge in [-0.2, -0.15) is 0 Å². The number of nitrogens with one attached hydrogen (secondary N) is 2. The van der Waals surface area contributed by atoms with Gasteiger partial charge in [0.25, 0.3) is 11.8 Å². The first-order valence-electron chi connectivity index (χ1n) is 14.0. The van der Waals surface area contributed by atoms with Crippen LogP contribution in [-0.4, -0.2) is 53.6 Å². The average Bonchev–Trinajstić information content (AvgIpc) is 2.95. The molecule has 3 aromatic carbocycles. The van der Waals surface area contributed by atoms with Crippen molar-refractivity contribution in [3.63, 3.8) is 0 Å². The van der Waals surface area contributed by atoms with Crippen LogP contribution in [0.25, 0.3) is 0 Å². The Hall–Kier alpha value is -3.48. The van der Waals surface area contributed by atoms with Crippen LogP contribution in [0.3, 0.4) is 0 Å². The fraction of sp³-hybridized carbons (Fsp3) is 0.394. The first kappa shape index (κ1) is 30.1. The maximum Gasteiger partial charge on any atom is 0.253 e. The van der Waals surface area contributed by atoms with Crippen molar-refractivity contribution >= 4 is 11.8 Å². The second-order valence-electron chi connectivity index (χ2n) is 10.2. The van der Waals surface area contributed by atoms with Crippen molar-refractivity contribution in [1.29, 1.82) is 0 Å². The van der Waals surface area contributed by atoms with Gasteiger partial charge in [0.15, 0.2) is 0 Å². The van der Waals surface area contributed by atoms with Gasteiger partial charge in [0.2, 0.25) is 0 Å². The topological polar surface area (TPSA) is 81.7 Å². The molecule has 3 aromatic rings. The molecule has 3 N–H and O–H groups in total. The van der Waals surface area contributed by atoms with Crippen molar-refractivity contribution in [3.8, 4) is 0 Å². The van der Waals surface area contributed by atoms with Gasteiger partial charge in [-0.3, -0.25) is 9.59 Å². The van der Waals surface area contributed by atoms with E-state index in [9.17, 15) is 14.7 Å². The van der Waals surface area contributed by atoms with Gasteiger partial charge in [-0.25, -0.2) is 0 Å². The average molecular weight is 530 g/mol. The second kappa shape index (κ2) is 15.2. The van der Waals surface area contributed by atoms with Crippen LogP contribution in [0.1, 0.15) is 69.7 Å². The minimum atomic E-state index is -0.811. The van der Waals surface area contributed by atoms with E-state index >= 15 is 0 Å². The van der Waals surface area contributed by atoms with Crippen LogP contribution in [0, 0.1) is 13.8 Å². The monoisotopic (exact) mass is 529 g/mol. The molecule has 6 heteroatoms. The Labute approximate surface area is 233 Å². The standard InChI is InChI=1S/C33H43N3O3/c1-5-18-36(19-6-2)33(39)28-16-11-15-27(21-28)32(38)35-30(20-26-13-8-7-9-14-26)31(37)23-34-22-29-17-10-12-24(3)25(29)4/h7-17,21,30-31,34,37H,5-6,18-20,22-23H2,1-4H3,(H,35,38)/t30-,31+/m0/s1. The summed E-state index contributed by atoms with van der Waals surface area (Å²) in [6.45, 7) is 10.6. The zero-order chi connectivity index (χ0) is 28.2. The molecule has 6 nitrogen and oxygen atoms in total. The number of hydrogen-bond acceptors (Lipinski definition) is 4. The van der Waals surface area contributed by atoms with E-state index in [2.05, 4.69) is 50.5 Å². The number of benzene rings is 3.